The predicted octanol–water partition coefficient (Wildman–Crippen LogP) is 5.49. The molecular weight excluding hydrogens is 640 g/mol. The molecule has 4 rings (SSSR count). The van der Waals surface area contributed by atoms with Gasteiger partial charge in [-0.2, -0.15) is 5.26 Å². The molecule has 4 aromatic rings. The quantitative estimate of drug-likeness (QED) is 0.124. The number of aliphatic carboxylic acids is 2. The van der Waals surface area contributed by atoms with Crippen LogP contribution in [-0.2, 0) is 21.0 Å². The van der Waals surface area contributed by atoms with E-state index in [4.69, 9.17) is 26.2 Å². The van der Waals surface area contributed by atoms with Crippen molar-refractivity contribution in [3.8, 4) is 17.6 Å². The number of amides is 1. The maximum atomic E-state index is 12.7. The molecule has 0 spiro atoms. The Hall–Kier alpha value is -5.97. The maximum absolute atomic E-state index is 12.7. The summed E-state index contributed by atoms with van der Waals surface area (Å²) in [5.74, 6) is -2.36. The monoisotopic (exact) mass is 670 g/mol. The Morgan fingerprint density at radius 3 is 2.46 bits per heavy atom. The number of fused-ring (bicyclic) bond motifs is 1. The first kappa shape index (κ1) is 34.9. The van der Waals surface area contributed by atoms with Gasteiger partial charge in [-0.3, -0.25) is 14.8 Å². The molecule has 0 aliphatic heterocycles. The van der Waals surface area contributed by atoms with E-state index in [1.165, 1.54) is 30.6 Å². The first-order valence-corrected chi connectivity index (χ1v) is 14.8. The molecular formula is C34H31ClN6O7. The number of carboxylic acids is 2. The third kappa shape index (κ3) is 9.06. The van der Waals surface area contributed by atoms with Gasteiger partial charge >= 0.3 is 11.9 Å². The normalized spacial score (nSPS) is 11.4. The molecule has 0 aliphatic carbocycles. The molecule has 0 radical (unpaired) electrons. The lowest BCUT2D eigenvalue weighted by Gasteiger charge is -2.16. The zero-order valence-electron chi connectivity index (χ0n) is 26.2. The Labute approximate surface area is 280 Å². The van der Waals surface area contributed by atoms with E-state index in [2.05, 4.69) is 26.7 Å². The fraction of sp³-hybridized carbons (Fsp3) is 0.176. The summed E-state index contributed by atoms with van der Waals surface area (Å²) in [5.41, 5.74) is 2.34. The van der Waals surface area contributed by atoms with Gasteiger partial charge in [-0.05, 0) is 51.4 Å². The molecule has 48 heavy (non-hydrogen) atoms. The molecule has 246 valence electrons. The summed E-state index contributed by atoms with van der Waals surface area (Å²) in [4.78, 5) is 45.5. The summed E-state index contributed by atoms with van der Waals surface area (Å²) in [6.45, 7) is 2.77. The van der Waals surface area contributed by atoms with Gasteiger partial charge in [-0.1, -0.05) is 23.7 Å². The molecule has 0 atom stereocenters. The predicted molar refractivity (Wildman–Crippen MR) is 181 cm³/mol. The summed E-state index contributed by atoms with van der Waals surface area (Å²) in [6.07, 6.45) is 6.46. The average Bonchev–Trinajstić information content (AvgIpc) is 3.04. The van der Waals surface area contributed by atoms with E-state index in [1.807, 2.05) is 25.9 Å². The number of nitrogens with zero attached hydrogens (tertiary/aromatic N) is 4. The molecule has 0 saturated heterocycles. The molecule has 1 amide bonds. The first-order chi connectivity index (χ1) is 23.0. The molecule has 0 fully saturated rings. The number of halogens is 1. The number of carbonyl (C=O) groups is 3. The molecule has 0 aliphatic rings. The molecule has 13 nitrogen and oxygen atoms in total. The van der Waals surface area contributed by atoms with E-state index < -0.39 is 17.5 Å². The van der Waals surface area contributed by atoms with Crippen molar-refractivity contribution in [1.82, 2.24) is 14.9 Å². The third-order valence-electron chi connectivity index (χ3n) is 6.60. The standard InChI is InChI=1S/C34H31ClN6O7/c1-4-47-30-15-27-25(13-28(30)40-31(42)6-5-11-41(2)3)33(21(16-36)18-38-27)39-22-9-10-29(26(35)12-22)48-19-23-8-7-20(17-37-23)24(34(45)46)14-32(43)44/h5-10,12-15,17-18H,4,11,19H2,1-3H3,(H,38,39)(H,40,42)(H,43,44)(H,45,46). The van der Waals surface area contributed by atoms with Gasteiger partial charge in [0.15, 0.2) is 0 Å². The number of carbonyl (C=O) groups excluding carboxylic acids is 1. The first-order valence-electron chi connectivity index (χ1n) is 14.4. The number of benzene rings is 2. The van der Waals surface area contributed by atoms with Gasteiger partial charge in [0.05, 0.1) is 45.4 Å². The molecule has 4 N–H and O–H groups in total. The molecule has 14 heteroatoms. The second kappa shape index (κ2) is 16.0. The highest BCUT2D eigenvalue weighted by atomic mass is 35.5. The Kier molecular flexibility index (Phi) is 11.7. The number of likely N-dealkylation sites (N-methyl/N-ethyl adjacent to an activating group) is 1. The van der Waals surface area contributed by atoms with E-state index >= 15 is 0 Å². The van der Waals surface area contributed by atoms with Gasteiger partial charge in [0, 0.05) is 53.8 Å². The fourth-order valence-corrected chi connectivity index (χ4v) is 4.64. The Bertz CT molecular complexity index is 1950. The highest BCUT2D eigenvalue weighted by molar-refractivity contribution is 6.32. The molecule has 2 aromatic carbocycles. The molecule has 0 bridgehead atoms. The van der Waals surface area contributed by atoms with Crippen LogP contribution >= 0.6 is 11.6 Å². The van der Waals surface area contributed by atoms with Crippen LogP contribution in [0.3, 0.4) is 0 Å². The highest BCUT2D eigenvalue weighted by Crippen LogP contribution is 2.37. The summed E-state index contributed by atoms with van der Waals surface area (Å²) in [7, 11) is 3.79. The van der Waals surface area contributed by atoms with Crippen molar-refractivity contribution in [2.75, 3.05) is 37.9 Å². The zero-order valence-corrected chi connectivity index (χ0v) is 26.9. The van der Waals surface area contributed by atoms with Crippen molar-refractivity contribution < 1.29 is 34.1 Å². The van der Waals surface area contributed by atoms with Crippen LogP contribution in [0.1, 0.15) is 23.7 Å². The van der Waals surface area contributed by atoms with Gasteiger partial charge in [0.1, 0.15) is 24.2 Å². The minimum Gasteiger partial charge on any atom is -0.492 e. The van der Waals surface area contributed by atoms with Crippen LogP contribution in [0.4, 0.5) is 17.1 Å². The van der Waals surface area contributed by atoms with E-state index in [0.717, 1.165) is 0 Å². The van der Waals surface area contributed by atoms with E-state index in [1.54, 1.807) is 36.4 Å². The number of nitrogens with one attached hydrogen (secondary N) is 2. The Morgan fingerprint density at radius 1 is 1.04 bits per heavy atom. The lowest BCUT2D eigenvalue weighted by molar-refractivity contribution is -0.133. The molecule has 0 saturated carbocycles. The number of rotatable bonds is 14. The van der Waals surface area contributed by atoms with Crippen molar-refractivity contribution in [3.05, 3.63) is 94.9 Å². The number of aromatic nitrogens is 2. The Balaban J connectivity index is 1.56. The number of anilines is 3. The fourth-order valence-electron chi connectivity index (χ4n) is 4.41. The van der Waals surface area contributed by atoms with Crippen molar-refractivity contribution in [1.29, 1.82) is 5.26 Å². The smallest absolute Gasteiger partial charge is 0.336 e. The van der Waals surface area contributed by atoms with Crippen LogP contribution in [0.5, 0.6) is 11.5 Å². The Morgan fingerprint density at radius 2 is 1.83 bits per heavy atom. The number of hydrogen-bond acceptors (Lipinski definition) is 10. The van der Waals surface area contributed by atoms with Crippen molar-refractivity contribution in [2.24, 2.45) is 0 Å². The number of nitriles is 1. The van der Waals surface area contributed by atoms with Gasteiger partial charge in [0.25, 0.3) is 0 Å². The lowest BCUT2D eigenvalue weighted by Crippen LogP contribution is -2.13. The van der Waals surface area contributed by atoms with E-state index in [9.17, 15) is 24.8 Å². The highest BCUT2D eigenvalue weighted by Gasteiger charge is 2.17. The third-order valence-corrected chi connectivity index (χ3v) is 6.89. The van der Waals surface area contributed by atoms with Crippen molar-refractivity contribution in [2.45, 2.75) is 13.5 Å². The van der Waals surface area contributed by atoms with Crippen molar-refractivity contribution in [3.63, 3.8) is 0 Å². The summed E-state index contributed by atoms with van der Waals surface area (Å²) in [5, 5.41) is 35.0. The largest absolute Gasteiger partial charge is 0.492 e. The van der Waals surface area contributed by atoms with Crippen LogP contribution in [0.25, 0.3) is 16.5 Å². The van der Waals surface area contributed by atoms with E-state index in [-0.39, 0.29) is 28.7 Å². The number of pyridine rings is 2. The summed E-state index contributed by atoms with van der Waals surface area (Å²) in [6, 6.07) is 13.4. The number of hydrogen-bond donors (Lipinski definition) is 4. The van der Waals surface area contributed by atoms with E-state index in [0.29, 0.717) is 64.4 Å². The van der Waals surface area contributed by atoms with Crippen LogP contribution in [0.2, 0.25) is 5.02 Å². The van der Waals surface area contributed by atoms with Crippen LogP contribution < -0.4 is 20.1 Å². The number of ether oxygens (including phenoxy) is 2. The summed E-state index contributed by atoms with van der Waals surface area (Å²) >= 11 is 6.54. The minimum absolute atomic E-state index is 0.00755. The molecule has 2 aromatic heterocycles. The van der Waals surface area contributed by atoms with Gasteiger partial charge in [-0.25, -0.2) is 9.59 Å². The second-order valence-corrected chi connectivity index (χ2v) is 10.8. The van der Waals surface area contributed by atoms with Gasteiger partial charge in [0.2, 0.25) is 5.91 Å². The number of carboxylic acid groups (broad SMARTS) is 2. The SMILES string of the molecule is CCOc1cc2ncc(C#N)c(Nc3ccc(OCc4ccc(C(=CC(=O)O)C(=O)O)cn4)c(Cl)c3)c2cc1NC(=O)C=CCN(C)C. The maximum Gasteiger partial charge on any atom is 0.336 e. The topological polar surface area (TPSA) is 187 Å². The summed E-state index contributed by atoms with van der Waals surface area (Å²) < 4.78 is 11.6. The zero-order chi connectivity index (χ0) is 34.8. The van der Waals surface area contributed by atoms with Crippen LogP contribution in [0.15, 0.2) is 73.1 Å². The van der Waals surface area contributed by atoms with Crippen LogP contribution in [-0.4, -0.2) is 70.2 Å². The lowest BCUT2D eigenvalue weighted by atomic mass is 10.1. The average molecular weight is 671 g/mol. The van der Waals surface area contributed by atoms with Crippen LogP contribution in [0, 0.1) is 11.3 Å². The van der Waals surface area contributed by atoms with Gasteiger partial charge < -0.3 is 35.2 Å². The molecule has 0 unspecified atom stereocenters. The van der Waals surface area contributed by atoms with Crippen molar-refractivity contribution >= 4 is 63.0 Å². The van der Waals surface area contributed by atoms with Gasteiger partial charge in [-0.15, -0.1) is 0 Å². The molecule has 2 heterocycles. The minimum atomic E-state index is -1.39. The second-order valence-electron chi connectivity index (χ2n) is 10.4.